The zero-order chi connectivity index (χ0) is 16.4. The van der Waals surface area contributed by atoms with Crippen LogP contribution in [0.5, 0.6) is 0 Å². The molecule has 4 aromatic rings. The maximum atomic E-state index is 5.07. The van der Waals surface area contributed by atoms with Crippen LogP contribution in [0.15, 0.2) is 29.1 Å². The second-order valence-corrected chi connectivity index (χ2v) is 6.12. The van der Waals surface area contributed by atoms with Gasteiger partial charge in [0.05, 0.1) is 22.7 Å². The second kappa shape index (κ2) is 6.42. The smallest absolute Gasteiger partial charge is 0.166 e. The number of thiophene rings is 1. The zero-order valence-electron chi connectivity index (χ0n) is 13.7. The monoisotopic (exact) mass is 328 g/mol. The molecule has 4 aromatic heterocycles. The third-order valence-corrected chi connectivity index (χ3v) is 4.61. The molecule has 4 rings (SSSR count). The summed E-state index contributed by atoms with van der Waals surface area (Å²) in [5.41, 5.74) is 4.44. The van der Waals surface area contributed by atoms with E-state index in [4.69, 9.17) is 4.42 Å². The van der Waals surface area contributed by atoms with Crippen molar-refractivity contribution in [2.45, 2.75) is 34.2 Å². The number of rotatable bonds is 3. The Kier molecular flexibility index (Phi) is 4.34. The van der Waals surface area contributed by atoms with Gasteiger partial charge in [0, 0.05) is 23.2 Å². The molecule has 0 bridgehead atoms. The molecule has 0 atom stereocenters. The van der Waals surface area contributed by atoms with Gasteiger partial charge in [-0.2, -0.15) is 5.10 Å². The first-order valence-corrected chi connectivity index (χ1v) is 8.54. The average molecular weight is 328 g/mol. The Bertz CT molecular complexity index is 921. The molecule has 0 aliphatic heterocycles. The minimum absolute atomic E-state index is 0.691. The topological polar surface area (TPSA) is 66.7 Å². The summed E-state index contributed by atoms with van der Waals surface area (Å²) in [5.74, 6) is 0.867. The highest BCUT2D eigenvalue weighted by molar-refractivity contribution is 7.26. The number of furan rings is 1. The molecule has 23 heavy (non-hydrogen) atoms. The fraction of sp³-hybridized carbons (Fsp3) is 0.294. The quantitative estimate of drug-likeness (QED) is 0.554. The van der Waals surface area contributed by atoms with Crippen molar-refractivity contribution in [3.8, 4) is 0 Å². The van der Waals surface area contributed by atoms with E-state index in [-0.39, 0.29) is 0 Å². The predicted molar refractivity (Wildman–Crippen MR) is 96.1 cm³/mol. The summed E-state index contributed by atoms with van der Waals surface area (Å²) in [4.78, 5) is 5.68. The number of hydrogen-bond acceptors (Lipinski definition) is 5. The van der Waals surface area contributed by atoms with Crippen molar-refractivity contribution in [3.05, 3.63) is 41.5 Å². The van der Waals surface area contributed by atoms with E-state index in [2.05, 4.69) is 33.5 Å². The van der Waals surface area contributed by atoms with E-state index >= 15 is 0 Å². The number of anilines is 1. The van der Waals surface area contributed by atoms with Gasteiger partial charge in [-0.15, -0.1) is 11.3 Å². The highest BCUT2D eigenvalue weighted by Crippen LogP contribution is 2.37. The van der Waals surface area contributed by atoms with Gasteiger partial charge in [0.25, 0.3) is 0 Å². The molecule has 0 unspecified atom stereocenters. The first-order valence-electron chi connectivity index (χ1n) is 7.72. The van der Waals surface area contributed by atoms with Crippen molar-refractivity contribution in [1.82, 2.24) is 15.2 Å². The largest absolute Gasteiger partial charge is 0.472 e. The summed E-state index contributed by atoms with van der Waals surface area (Å²) in [6, 6.07) is 4.05. The number of H-pyrrole nitrogens is 1. The van der Waals surface area contributed by atoms with Gasteiger partial charge in [-0.05, 0) is 31.5 Å². The maximum Gasteiger partial charge on any atom is 0.166 e. The van der Waals surface area contributed by atoms with Gasteiger partial charge in [-0.3, -0.25) is 5.10 Å². The Labute approximate surface area is 138 Å². The Morgan fingerprint density at radius 3 is 2.87 bits per heavy atom. The van der Waals surface area contributed by atoms with Gasteiger partial charge < -0.3 is 9.73 Å². The summed E-state index contributed by atoms with van der Waals surface area (Å²) in [5, 5.41) is 12.0. The number of aromatic amines is 1. The van der Waals surface area contributed by atoms with Crippen LogP contribution in [0.1, 0.15) is 30.7 Å². The molecule has 2 N–H and O–H groups in total. The van der Waals surface area contributed by atoms with E-state index in [9.17, 15) is 0 Å². The van der Waals surface area contributed by atoms with E-state index in [1.165, 1.54) is 10.9 Å². The van der Waals surface area contributed by atoms with E-state index in [0.717, 1.165) is 32.1 Å². The van der Waals surface area contributed by atoms with Crippen LogP contribution in [0.4, 0.5) is 5.82 Å². The lowest BCUT2D eigenvalue weighted by Gasteiger charge is -1.99. The highest BCUT2D eigenvalue weighted by atomic mass is 32.1. The molecule has 0 aromatic carbocycles. The molecule has 4 heterocycles. The van der Waals surface area contributed by atoms with Crippen molar-refractivity contribution < 1.29 is 4.42 Å². The second-order valence-electron chi connectivity index (χ2n) is 5.12. The standard InChI is InChI=1S/C15H14N4OS.C2H6/c1-8-5-9(2)17-15-11(8)12-13(21-15)14(19-18-12)16-6-10-3-4-20-7-10;1-2/h3-5,7H,6H2,1-2H3,(H2,16,18,19);1-2H3. The minimum atomic E-state index is 0.691. The fourth-order valence-corrected chi connectivity index (χ4v) is 3.79. The number of fused-ring (bicyclic) bond motifs is 3. The fourth-order valence-electron chi connectivity index (χ4n) is 2.58. The molecule has 0 amide bonds. The maximum absolute atomic E-state index is 5.07. The number of aromatic nitrogens is 3. The molecule has 5 nitrogen and oxygen atoms in total. The highest BCUT2D eigenvalue weighted by Gasteiger charge is 2.15. The molecule has 0 spiro atoms. The van der Waals surface area contributed by atoms with Crippen LogP contribution < -0.4 is 5.32 Å². The van der Waals surface area contributed by atoms with Crippen molar-refractivity contribution in [2.75, 3.05) is 5.32 Å². The summed E-state index contributed by atoms with van der Waals surface area (Å²) < 4.78 is 6.19. The molecule has 0 aliphatic carbocycles. The van der Waals surface area contributed by atoms with Gasteiger partial charge in [0.15, 0.2) is 5.82 Å². The molecule has 0 radical (unpaired) electrons. The van der Waals surface area contributed by atoms with Gasteiger partial charge in [-0.25, -0.2) is 4.98 Å². The lowest BCUT2D eigenvalue weighted by Crippen LogP contribution is -1.98. The molecule has 0 saturated heterocycles. The Morgan fingerprint density at radius 2 is 2.13 bits per heavy atom. The van der Waals surface area contributed by atoms with Crippen molar-refractivity contribution in [1.29, 1.82) is 0 Å². The van der Waals surface area contributed by atoms with E-state index < -0.39 is 0 Å². The Hall–Kier alpha value is -2.34. The van der Waals surface area contributed by atoms with E-state index in [0.29, 0.717) is 6.54 Å². The molecular weight excluding hydrogens is 308 g/mol. The molecule has 0 aliphatic rings. The molecular formula is C17H20N4OS. The number of hydrogen-bond donors (Lipinski definition) is 2. The third kappa shape index (κ3) is 2.82. The van der Waals surface area contributed by atoms with Crippen molar-refractivity contribution in [3.63, 3.8) is 0 Å². The van der Waals surface area contributed by atoms with Crippen LogP contribution in [0.2, 0.25) is 0 Å². The van der Waals surface area contributed by atoms with Gasteiger partial charge in [-0.1, -0.05) is 13.8 Å². The molecule has 0 fully saturated rings. The summed E-state index contributed by atoms with van der Waals surface area (Å²) in [6.45, 7) is 8.83. The number of aryl methyl sites for hydroxylation is 2. The van der Waals surface area contributed by atoms with Crippen molar-refractivity contribution >= 4 is 37.6 Å². The third-order valence-electron chi connectivity index (χ3n) is 3.52. The summed E-state index contributed by atoms with van der Waals surface area (Å²) in [7, 11) is 0. The summed E-state index contributed by atoms with van der Waals surface area (Å²) in [6.07, 6.45) is 3.41. The zero-order valence-corrected chi connectivity index (χ0v) is 14.5. The Morgan fingerprint density at radius 1 is 1.30 bits per heavy atom. The number of nitrogens with zero attached hydrogens (tertiary/aromatic N) is 2. The van der Waals surface area contributed by atoms with Crippen molar-refractivity contribution in [2.24, 2.45) is 0 Å². The molecule has 120 valence electrons. The van der Waals surface area contributed by atoms with Crippen LogP contribution in [0, 0.1) is 13.8 Å². The van der Waals surface area contributed by atoms with Crippen LogP contribution in [-0.4, -0.2) is 15.2 Å². The molecule has 6 heteroatoms. The lowest BCUT2D eigenvalue weighted by atomic mass is 10.1. The summed E-state index contributed by atoms with van der Waals surface area (Å²) >= 11 is 1.67. The first kappa shape index (κ1) is 15.6. The predicted octanol–water partition coefficient (Wildman–Crippen LogP) is 5.02. The lowest BCUT2D eigenvalue weighted by molar-refractivity contribution is 0.564. The van der Waals surface area contributed by atoms with E-state index in [1.54, 1.807) is 23.9 Å². The van der Waals surface area contributed by atoms with Crippen LogP contribution >= 0.6 is 11.3 Å². The van der Waals surface area contributed by atoms with E-state index in [1.807, 2.05) is 26.8 Å². The van der Waals surface area contributed by atoms with Crippen LogP contribution in [0.25, 0.3) is 20.4 Å². The first-order chi connectivity index (χ1) is 11.2. The Balaban J connectivity index is 0.000000753. The average Bonchev–Trinajstić information content (AvgIpc) is 3.23. The normalized spacial score (nSPS) is 10.8. The number of pyridine rings is 1. The minimum Gasteiger partial charge on any atom is -0.472 e. The molecule has 0 saturated carbocycles. The number of nitrogens with one attached hydrogen (secondary N) is 2. The van der Waals surface area contributed by atoms with Gasteiger partial charge >= 0.3 is 0 Å². The van der Waals surface area contributed by atoms with Crippen LogP contribution in [0.3, 0.4) is 0 Å². The van der Waals surface area contributed by atoms with Gasteiger partial charge in [0.1, 0.15) is 4.83 Å². The van der Waals surface area contributed by atoms with Gasteiger partial charge in [0.2, 0.25) is 0 Å². The SMILES string of the molecule is CC.Cc1cc(C)c2c(n1)sc1c(NCc3ccoc3)n[nH]c12. The van der Waals surface area contributed by atoms with Crippen LogP contribution in [-0.2, 0) is 6.54 Å².